The number of rotatable bonds is 5. The first-order valence-electron chi connectivity index (χ1n) is 6.96. The van der Waals surface area contributed by atoms with Crippen LogP contribution in [0.15, 0.2) is 23.1 Å². The Kier molecular flexibility index (Phi) is 5.43. The molecule has 1 aliphatic heterocycles. The second kappa shape index (κ2) is 6.89. The van der Waals surface area contributed by atoms with Crippen molar-refractivity contribution >= 4 is 21.6 Å². The first-order valence-corrected chi connectivity index (χ1v) is 8.82. The summed E-state index contributed by atoms with van der Waals surface area (Å²) >= 11 is 6.08. The van der Waals surface area contributed by atoms with E-state index in [1.165, 1.54) is 12.8 Å². The smallest absolute Gasteiger partial charge is 0.242 e. The molecule has 1 atom stereocenters. The van der Waals surface area contributed by atoms with Gasteiger partial charge in [0.15, 0.2) is 0 Å². The molecule has 20 heavy (non-hydrogen) atoms. The summed E-state index contributed by atoms with van der Waals surface area (Å²) in [5.41, 5.74) is 0.769. The van der Waals surface area contributed by atoms with Crippen LogP contribution in [0.4, 0.5) is 0 Å². The van der Waals surface area contributed by atoms with E-state index in [-0.39, 0.29) is 4.90 Å². The van der Waals surface area contributed by atoms with Crippen LogP contribution >= 0.6 is 11.6 Å². The van der Waals surface area contributed by atoms with Crippen LogP contribution in [0.3, 0.4) is 0 Å². The summed E-state index contributed by atoms with van der Waals surface area (Å²) in [5, 5.41) is 3.64. The lowest BCUT2D eigenvalue weighted by Gasteiger charge is -2.22. The zero-order valence-electron chi connectivity index (χ0n) is 11.7. The fourth-order valence-corrected chi connectivity index (χ4v) is 4.10. The molecule has 0 aliphatic carbocycles. The molecule has 112 valence electrons. The summed E-state index contributed by atoms with van der Waals surface area (Å²) in [6, 6.07) is 5.05. The number of piperidine rings is 1. The van der Waals surface area contributed by atoms with Gasteiger partial charge in [-0.15, -0.1) is 0 Å². The lowest BCUT2D eigenvalue weighted by molar-refractivity contribution is 0.358. The molecular weight excluding hydrogens is 296 g/mol. The zero-order chi connectivity index (χ0) is 14.6. The van der Waals surface area contributed by atoms with Gasteiger partial charge in [-0.3, -0.25) is 0 Å². The number of aryl methyl sites for hydroxylation is 1. The summed E-state index contributed by atoms with van der Waals surface area (Å²) in [6.07, 6.45) is 3.19. The van der Waals surface area contributed by atoms with Gasteiger partial charge in [-0.05, 0) is 56.8 Å². The van der Waals surface area contributed by atoms with Gasteiger partial charge in [0.1, 0.15) is 4.90 Å². The molecule has 1 aromatic rings. The fourth-order valence-electron chi connectivity index (χ4n) is 2.47. The van der Waals surface area contributed by atoms with Crippen LogP contribution in [0.25, 0.3) is 0 Å². The van der Waals surface area contributed by atoms with E-state index < -0.39 is 10.0 Å². The number of hydrogen-bond donors (Lipinski definition) is 2. The van der Waals surface area contributed by atoms with Crippen LogP contribution in [-0.2, 0) is 10.0 Å². The molecule has 1 saturated heterocycles. The van der Waals surface area contributed by atoms with Crippen LogP contribution in [0.1, 0.15) is 24.8 Å². The van der Waals surface area contributed by atoms with Crippen molar-refractivity contribution in [2.45, 2.75) is 31.1 Å². The largest absolute Gasteiger partial charge is 0.316 e. The van der Waals surface area contributed by atoms with Crippen molar-refractivity contribution in [1.82, 2.24) is 10.0 Å². The Bertz CT molecular complexity index is 554. The van der Waals surface area contributed by atoms with Crippen molar-refractivity contribution in [3.8, 4) is 0 Å². The van der Waals surface area contributed by atoms with Crippen LogP contribution in [0.2, 0.25) is 5.02 Å². The molecule has 1 aliphatic rings. The molecular formula is C14H21ClN2O2S. The van der Waals surface area contributed by atoms with Gasteiger partial charge in [0.2, 0.25) is 10.0 Å². The summed E-state index contributed by atoms with van der Waals surface area (Å²) < 4.78 is 27.1. The molecule has 4 nitrogen and oxygen atoms in total. The molecule has 1 fully saturated rings. The van der Waals surface area contributed by atoms with Crippen molar-refractivity contribution in [1.29, 1.82) is 0 Å². The minimum atomic E-state index is -3.52. The molecule has 0 spiro atoms. The highest BCUT2D eigenvalue weighted by atomic mass is 35.5. The van der Waals surface area contributed by atoms with Gasteiger partial charge in [0.25, 0.3) is 0 Å². The summed E-state index contributed by atoms with van der Waals surface area (Å²) in [4.78, 5) is 0.168. The van der Waals surface area contributed by atoms with E-state index in [4.69, 9.17) is 11.6 Å². The summed E-state index contributed by atoms with van der Waals surface area (Å²) in [6.45, 7) is 4.31. The second-order valence-electron chi connectivity index (χ2n) is 5.29. The quantitative estimate of drug-likeness (QED) is 0.876. The third kappa shape index (κ3) is 3.95. The second-order valence-corrected chi connectivity index (χ2v) is 7.40. The standard InChI is InChI=1S/C14H21ClN2O2S/c1-11-4-2-6-13(14(11)15)20(18,19)17-9-7-12-5-3-8-16-10-12/h2,4,6,12,16-17H,3,5,7-10H2,1H3. The van der Waals surface area contributed by atoms with Gasteiger partial charge in [-0.25, -0.2) is 13.1 Å². The highest BCUT2D eigenvalue weighted by molar-refractivity contribution is 7.89. The number of halogens is 1. The number of sulfonamides is 1. The monoisotopic (exact) mass is 316 g/mol. The molecule has 0 saturated carbocycles. The van der Waals surface area contributed by atoms with Crippen LogP contribution in [0, 0.1) is 12.8 Å². The Hall–Kier alpha value is -0.620. The van der Waals surface area contributed by atoms with Crippen LogP contribution in [0.5, 0.6) is 0 Å². The third-order valence-electron chi connectivity index (χ3n) is 3.69. The van der Waals surface area contributed by atoms with Crippen LogP contribution < -0.4 is 10.0 Å². The van der Waals surface area contributed by atoms with Gasteiger partial charge in [-0.2, -0.15) is 0 Å². The Balaban J connectivity index is 1.95. The Morgan fingerprint density at radius 2 is 2.25 bits per heavy atom. The van der Waals surface area contributed by atoms with E-state index in [1.807, 2.05) is 0 Å². The highest BCUT2D eigenvalue weighted by Gasteiger charge is 2.19. The molecule has 1 heterocycles. The van der Waals surface area contributed by atoms with E-state index in [9.17, 15) is 8.42 Å². The SMILES string of the molecule is Cc1cccc(S(=O)(=O)NCCC2CCCNC2)c1Cl. The van der Waals surface area contributed by atoms with Crippen molar-refractivity contribution in [3.05, 3.63) is 28.8 Å². The number of benzene rings is 1. The van der Waals surface area contributed by atoms with Gasteiger partial charge in [0.05, 0.1) is 5.02 Å². The molecule has 0 radical (unpaired) electrons. The zero-order valence-corrected chi connectivity index (χ0v) is 13.2. The first kappa shape index (κ1) is 15.8. The summed E-state index contributed by atoms with van der Waals surface area (Å²) in [5.74, 6) is 0.555. The van der Waals surface area contributed by atoms with Gasteiger partial charge in [0, 0.05) is 6.54 Å². The number of hydrogen-bond acceptors (Lipinski definition) is 3. The average molecular weight is 317 g/mol. The maximum absolute atomic E-state index is 12.2. The molecule has 1 unspecified atom stereocenters. The van der Waals surface area contributed by atoms with Crippen LogP contribution in [-0.4, -0.2) is 28.1 Å². The van der Waals surface area contributed by atoms with E-state index >= 15 is 0 Å². The molecule has 0 amide bonds. The highest BCUT2D eigenvalue weighted by Crippen LogP contribution is 2.24. The predicted octanol–water partition coefficient (Wildman–Crippen LogP) is 2.32. The van der Waals surface area contributed by atoms with Crippen molar-refractivity contribution in [2.24, 2.45) is 5.92 Å². The van der Waals surface area contributed by atoms with E-state index in [0.29, 0.717) is 17.5 Å². The molecule has 2 rings (SSSR count). The van der Waals surface area contributed by atoms with Crippen molar-refractivity contribution in [3.63, 3.8) is 0 Å². The van der Waals surface area contributed by atoms with E-state index in [1.54, 1.807) is 25.1 Å². The molecule has 6 heteroatoms. The van der Waals surface area contributed by atoms with Crippen molar-refractivity contribution < 1.29 is 8.42 Å². The molecule has 0 bridgehead atoms. The van der Waals surface area contributed by atoms with Gasteiger partial charge < -0.3 is 5.32 Å². The fraction of sp³-hybridized carbons (Fsp3) is 0.571. The lowest BCUT2D eigenvalue weighted by atomic mass is 9.96. The Morgan fingerprint density at radius 3 is 2.95 bits per heavy atom. The predicted molar refractivity (Wildman–Crippen MR) is 81.6 cm³/mol. The third-order valence-corrected chi connectivity index (χ3v) is 5.81. The maximum Gasteiger partial charge on any atom is 0.242 e. The first-order chi connectivity index (χ1) is 9.50. The van der Waals surface area contributed by atoms with E-state index in [2.05, 4.69) is 10.0 Å². The van der Waals surface area contributed by atoms with Gasteiger partial charge >= 0.3 is 0 Å². The van der Waals surface area contributed by atoms with Gasteiger partial charge in [-0.1, -0.05) is 23.7 Å². The minimum absolute atomic E-state index is 0.168. The molecule has 0 aromatic heterocycles. The molecule has 1 aromatic carbocycles. The topological polar surface area (TPSA) is 58.2 Å². The number of nitrogens with one attached hydrogen (secondary N) is 2. The lowest BCUT2D eigenvalue weighted by Crippen LogP contribution is -2.33. The molecule has 2 N–H and O–H groups in total. The maximum atomic E-state index is 12.2. The minimum Gasteiger partial charge on any atom is -0.316 e. The van der Waals surface area contributed by atoms with Crippen molar-refractivity contribution in [2.75, 3.05) is 19.6 Å². The average Bonchev–Trinajstić information content (AvgIpc) is 2.42. The Morgan fingerprint density at radius 1 is 1.45 bits per heavy atom. The normalized spacial score (nSPS) is 20.0. The Labute approximate surface area is 126 Å². The summed E-state index contributed by atoms with van der Waals surface area (Å²) in [7, 11) is -3.52. The van der Waals surface area contributed by atoms with E-state index in [0.717, 1.165) is 25.1 Å².